The molecule has 0 aliphatic heterocycles. The Morgan fingerprint density at radius 1 is 1.32 bits per heavy atom. The summed E-state index contributed by atoms with van der Waals surface area (Å²) < 4.78 is 17.9. The quantitative estimate of drug-likeness (QED) is 0.701. The Hall–Kier alpha value is -1.57. The average molecular weight is 389 g/mol. The fourth-order valence-corrected chi connectivity index (χ4v) is 3.09. The average Bonchev–Trinajstić information content (AvgIpc) is 2.95. The highest BCUT2D eigenvalue weighted by Gasteiger charge is 2.19. The molecule has 0 aliphatic rings. The van der Waals surface area contributed by atoms with Crippen molar-refractivity contribution in [1.29, 1.82) is 0 Å². The number of carbonyl (C=O) groups is 1. The molecule has 25 heavy (non-hydrogen) atoms. The fraction of sp³-hybridized carbons (Fsp3) is 0.471. The van der Waals surface area contributed by atoms with E-state index in [9.17, 15) is 4.79 Å². The van der Waals surface area contributed by atoms with Gasteiger partial charge in [0, 0.05) is 18.5 Å². The number of fused-ring (bicyclic) bond motifs is 1. The summed E-state index contributed by atoms with van der Waals surface area (Å²) in [7, 11) is 4.75. The third kappa shape index (κ3) is 4.74. The van der Waals surface area contributed by atoms with Gasteiger partial charge in [0.25, 0.3) is 0 Å². The molecule has 8 heteroatoms. The van der Waals surface area contributed by atoms with E-state index in [4.69, 9.17) is 19.9 Å². The maximum atomic E-state index is 12.0. The highest BCUT2D eigenvalue weighted by atomic mass is 35.5. The second-order valence-corrected chi connectivity index (χ2v) is 6.45. The molecule has 1 aromatic carbocycles. The van der Waals surface area contributed by atoms with Crippen LogP contribution in [0.5, 0.6) is 11.5 Å². The molecule has 1 aromatic heterocycles. The number of halogens is 1. The van der Waals surface area contributed by atoms with Crippen LogP contribution in [0, 0.1) is 0 Å². The number of hydrogen-bond donors (Lipinski definition) is 1. The Morgan fingerprint density at radius 3 is 2.60 bits per heavy atom. The van der Waals surface area contributed by atoms with Crippen molar-refractivity contribution in [2.45, 2.75) is 12.5 Å². The molecule has 0 amide bonds. The van der Waals surface area contributed by atoms with Gasteiger partial charge in [0.15, 0.2) is 0 Å². The molecule has 0 saturated heterocycles. The number of thioether (sulfide) groups is 1. The van der Waals surface area contributed by atoms with Gasteiger partial charge in [0.2, 0.25) is 0 Å². The van der Waals surface area contributed by atoms with Crippen molar-refractivity contribution in [2.24, 2.45) is 12.8 Å². The van der Waals surface area contributed by atoms with E-state index in [0.29, 0.717) is 23.8 Å². The number of hydrogen-bond acceptors (Lipinski definition) is 6. The summed E-state index contributed by atoms with van der Waals surface area (Å²) in [5.74, 6) is 1.94. The minimum atomic E-state index is -0.404. The van der Waals surface area contributed by atoms with Crippen molar-refractivity contribution in [3.05, 3.63) is 23.9 Å². The minimum Gasteiger partial charge on any atom is -0.495 e. The van der Waals surface area contributed by atoms with E-state index in [1.54, 1.807) is 36.6 Å². The Bertz CT molecular complexity index is 720. The first-order chi connectivity index (χ1) is 11.5. The van der Waals surface area contributed by atoms with Gasteiger partial charge in [0.1, 0.15) is 23.8 Å². The number of methoxy groups -OCH3 is 2. The van der Waals surface area contributed by atoms with Gasteiger partial charge < -0.3 is 24.5 Å². The second-order valence-electron chi connectivity index (χ2n) is 5.46. The maximum absolute atomic E-state index is 12.0. The molecule has 1 heterocycles. The molecule has 0 spiro atoms. The first kappa shape index (κ1) is 21.5. The fourth-order valence-electron chi connectivity index (χ4n) is 2.55. The topological polar surface area (TPSA) is 75.7 Å². The number of aromatic nitrogens is 1. The summed E-state index contributed by atoms with van der Waals surface area (Å²) in [6, 6.07) is 5.39. The zero-order valence-corrected chi connectivity index (χ0v) is 16.5. The smallest absolute Gasteiger partial charge is 0.354 e. The molecule has 6 nitrogen and oxygen atoms in total. The summed E-state index contributed by atoms with van der Waals surface area (Å²) >= 11 is 1.76. The van der Waals surface area contributed by atoms with Gasteiger partial charge in [-0.25, -0.2) is 4.79 Å². The predicted molar refractivity (Wildman–Crippen MR) is 105 cm³/mol. The number of carbonyl (C=O) groups excluding carboxylic acids is 1. The first-order valence-corrected chi connectivity index (χ1v) is 9.04. The van der Waals surface area contributed by atoms with E-state index in [0.717, 1.165) is 23.1 Å². The summed E-state index contributed by atoms with van der Waals surface area (Å²) in [5, 5.41) is 0.800. The lowest BCUT2D eigenvalue weighted by Crippen LogP contribution is -2.28. The molecule has 140 valence electrons. The van der Waals surface area contributed by atoms with Crippen LogP contribution >= 0.6 is 24.2 Å². The third-order valence-corrected chi connectivity index (χ3v) is 4.52. The van der Waals surface area contributed by atoms with Gasteiger partial charge >= 0.3 is 5.97 Å². The van der Waals surface area contributed by atoms with Crippen LogP contribution in [0.4, 0.5) is 0 Å². The van der Waals surface area contributed by atoms with Crippen molar-refractivity contribution < 1.29 is 19.0 Å². The number of rotatable bonds is 8. The van der Waals surface area contributed by atoms with Crippen molar-refractivity contribution in [1.82, 2.24) is 4.57 Å². The molecule has 0 fully saturated rings. The zero-order valence-electron chi connectivity index (χ0n) is 14.9. The second kappa shape index (κ2) is 9.79. The Labute approximate surface area is 158 Å². The molecule has 0 saturated carbocycles. The van der Waals surface area contributed by atoms with E-state index >= 15 is 0 Å². The molecule has 2 aromatic rings. The van der Waals surface area contributed by atoms with Crippen molar-refractivity contribution in [3.8, 4) is 11.5 Å². The molecular formula is C17H25ClN2O4S. The van der Waals surface area contributed by atoms with E-state index in [1.165, 1.54) is 7.11 Å². The maximum Gasteiger partial charge on any atom is 0.354 e. The van der Waals surface area contributed by atoms with Crippen LogP contribution in [-0.2, 0) is 11.8 Å². The van der Waals surface area contributed by atoms with Crippen LogP contribution in [0.15, 0.2) is 18.2 Å². The van der Waals surface area contributed by atoms with Crippen LogP contribution in [-0.4, -0.2) is 49.4 Å². The van der Waals surface area contributed by atoms with Gasteiger partial charge in [-0.1, -0.05) is 0 Å². The van der Waals surface area contributed by atoms with Crippen molar-refractivity contribution >= 4 is 41.0 Å². The number of esters is 1. The molecule has 2 rings (SSSR count). The highest BCUT2D eigenvalue weighted by molar-refractivity contribution is 7.98. The number of benzene rings is 1. The van der Waals surface area contributed by atoms with E-state index < -0.39 is 5.97 Å². The molecule has 0 unspecified atom stereocenters. The molecule has 0 radical (unpaired) electrons. The van der Waals surface area contributed by atoms with Crippen LogP contribution < -0.4 is 15.2 Å². The number of aryl methyl sites for hydroxylation is 1. The summed E-state index contributed by atoms with van der Waals surface area (Å²) in [4.78, 5) is 12.0. The Balaban J connectivity index is 0.00000312. The van der Waals surface area contributed by atoms with Gasteiger partial charge in [-0.05, 0) is 36.6 Å². The lowest BCUT2D eigenvalue weighted by Gasteiger charge is -2.14. The molecular weight excluding hydrogens is 364 g/mol. The number of nitrogens with zero attached hydrogens (tertiary/aromatic N) is 1. The third-order valence-electron chi connectivity index (χ3n) is 3.88. The van der Waals surface area contributed by atoms with Gasteiger partial charge in [0.05, 0.1) is 19.7 Å². The van der Waals surface area contributed by atoms with Crippen LogP contribution in [0.1, 0.15) is 16.9 Å². The SMILES string of the molecule is COC(=O)c1cc2c(OC[C@@H](N)CCSC)ccc(OC)c2n1C.Cl. The van der Waals surface area contributed by atoms with E-state index in [1.807, 2.05) is 12.1 Å². The van der Waals surface area contributed by atoms with Gasteiger partial charge in [-0.2, -0.15) is 11.8 Å². The van der Waals surface area contributed by atoms with E-state index in [-0.39, 0.29) is 18.4 Å². The monoisotopic (exact) mass is 388 g/mol. The van der Waals surface area contributed by atoms with Crippen molar-refractivity contribution in [2.75, 3.05) is 32.8 Å². The van der Waals surface area contributed by atoms with Gasteiger partial charge in [-0.15, -0.1) is 12.4 Å². The Kier molecular flexibility index (Phi) is 8.41. The standard InChI is InChI=1S/C17H24N2O4S.ClH/c1-19-13(17(20)22-3)9-12-14(5-6-15(21-2)16(12)19)23-10-11(18)7-8-24-4;/h5-6,9,11H,7-8,10,18H2,1-4H3;1H/t11-;/m0./s1. The Morgan fingerprint density at radius 2 is 2.00 bits per heavy atom. The highest BCUT2D eigenvalue weighted by Crippen LogP contribution is 2.35. The van der Waals surface area contributed by atoms with Crippen LogP contribution in [0.25, 0.3) is 10.9 Å². The number of nitrogens with two attached hydrogens (primary N) is 1. The predicted octanol–water partition coefficient (Wildman–Crippen LogP) is 2.85. The van der Waals surface area contributed by atoms with Gasteiger partial charge in [-0.3, -0.25) is 0 Å². The summed E-state index contributed by atoms with van der Waals surface area (Å²) in [6.07, 6.45) is 2.95. The van der Waals surface area contributed by atoms with Crippen molar-refractivity contribution in [3.63, 3.8) is 0 Å². The molecule has 0 bridgehead atoms. The lowest BCUT2D eigenvalue weighted by atomic mass is 10.2. The number of ether oxygens (including phenoxy) is 3. The molecule has 2 N–H and O–H groups in total. The zero-order chi connectivity index (χ0) is 17.7. The largest absolute Gasteiger partial charge is 0.495 e. The summed E-state index contributed by atoms with van der Waals surface area (Å²) in [5.41, 5.74) is 7.29. The van der Waals surface area contributed by atoms with Crippen LogP contribution in [0.2, 0.25) is 0 Å². The summed E-state index contributed by atoms with van der Waals surface area (Å²) in [6.45, 7) is 0.421. The molecule has 0 aliphatic carbocycles. The first-order valence-electron chi connectivity index (χ1n) is 7.65. The normalized spacial score (nSPS) is 11.7. The van der Waals surface area contributed by atoms with Crippen LogP contribution in [0.3, 0.4) is 0 Å². The minimum absolute atomic E-state index is 0. The van der Waals surface area contributed by atoms with E-state index in [2.05, 4.69) is 6.26 Å². The lowest BCUT2D eigenvalue weighted by molar-refractivity contribution is 0.0590. The molecule has 1 atom stereocenters.